The highest BCUT2D eigenvalue weighted by Gasteiger charge is 2.12. The number of ether oxygens (including phenoxy) is 2. The summed E-state index contributed by atoms with van der Waals surface area (Å²) in [5, 5.41) is 7.44. The van der Waals surface area contributed by atoms with Crippen molar-refractivity contribution in [3.05, 3.63) is 59.8 Å². The maximum Gasteiger partial charge on any atom is 0.313 e. The summed E-state index contributed by atoms with van der Waals surface area (Å²) in [5.41, 5.74) is 1.92. The van der Waals surface area contributed by atoms with Crippen LogP contribution in [-0.4, -0.2) is 21.7 Å². The van der Waals surface area contributed by atoms with Gasteiger partial charge in [-0.15, -0.1) is 0 Å². The Balaban J connectivity index is 2.17. The Labute approximate surface area is 152 Å². The lowest BCUT2D eigenvalue weighted by Gasteiger charge is -2.10. The van der Waals surface area contributed by atoms with Gasteiger partial charge in [0, 0.05) is 18.9 Å². The van der Waals surface area contributed by atoms with Gasteiger partial charge in [0.15, 0.2) is 0 Å². The first kappa shape index (κ1) is 19.2. The average molecular weight is 357 g/mol. The Morgan fingerprint density at radius 3 is 2.31 bits per heavy atom. The number of rotatable bonds is 8. The fourth-order valence-electron chi connectivity index (χ4n) is 2.12. The molecule has 0 aliphatic rings. The molecule has 0 fully saturated rings. The van der Waals surface area contributed by atoms with Crippen molar-refractivity contribution in [3.63, 3.8) is 0 Å². The van der Waals surface area contributed by atoms with Gasteiger partial charge < -0.3 is 14.8 Å². The largest absolute Gasteiger partial charge is 0.391 e. The maximum atomic E-state index is 11.5. The average Bonchev–Trinajstić information content (AvgIpc) is 2.99. The van der Waals surface area contributed by atoms with Gasteiger partial charge in [0.05, 0.1) is 18.4 Å². The molecule has 0 bridgehead atoms. The zero-order valence-corrected chi connectivity index (χ0v) is 15.2. The van der Waals surface area contributed by atoms with E-state index >= 15 is 0 Å². The van der Waals surface area contributed by atoms with Crippen LogP contribution in [0.15, 0.2) is 48.5 Å². The minimum Gasteiger partial charge on any atom is -0.391 e. The molecule has 2 aromatic rings. The molecule has 0 aliphatic carbocycles. The zero-order valence-electron chi connectivity index (χ0n) is 15.2. The molecule has 0 aliphatic heterocycles. The van der Waals surface area contributed by atoms with Gasteiger partial charge in [-0.3, -0.25) is 9.59 Å². The van der Waals surface area contributed by atoms with Crippen molar-refractivity contribution in [1.82, 2.24) is 9.78 Å². The van der Waals surface area contributed by atoms with Gasteiger partial charge in [0.25, 0.3) is 0 Å². The molecule has 0 spiro atoms. The highest BCUT2D eigenvalue weighted by Crippen LogP contribution is 2.14. The van der Waals surface area contributed by atoms with Crippen molar-refractivity contribution in [2.75, 3.05) is 5.32 Å². The molecule has 0 amide bonds. The number of hydrogen-bond acceptors (Lipinski definition) is 6. The third kappa shape index (κ3) is 5.77. The number of nitrogens with zero attached hydrogens (tertiary/aromatic N) is 2. The summed E-state index contributed by atoms with van der Waals surface area (Å²) < 4.78 is 11.9. The van der Waals surface area contributed by atoms with Crippen LogP contribution in [0.5, 0.6) is 0 Å². The van der Waals surface area contributed by atoms with Crippen molar-refractivity contribution in [2.45, 2.75) is 40.2 Å². The number of hydrogen-bond donors (Lipinski definition) is 1. The second-order valence-electron chi connectivity index (χ2n) is 5.58. The third-order valence-electron chi connectivity index (χ3n) is 3.42. The number of nitrogens with one attached hydrogen (secondary N) is 1. The molecule has 0 atom stereocenters. The molecule has 0 radical (unpaired) electrons. The summed E-state index contributed by atoms with van der Waals surface area (Å²) in [6, 6.07) is 11.7. The monoisotopic (exact) mass is 357 g/mol. The number of anilines is 1. The van der Waals surface area contributed by atoms with Gasteiger partial charge >= 0.3 is 17.9 Å². The van der Waals surface area contributed by atoms with Crippen LogP contribution in [0, 0.1) is 6.92 Å². The van der Waals surface area contributed by atoms with Gasteiger partial charge in [-0.05, 0) is 12.5 Å². The Morgan fingerprint density at radius 2 is 1.73 bits per heavy atom. The number of carbonyl (C=O) groups is 2. The van der Waals surface area contributed by atoms with Crippen LogP contribution in [0.3, 0.4) is 0 Å². The molecule has 2 rings (SSSR count). The predicted molar refractivity (Wildman–Crippen MR) is 97.0 cm³/mol. The topological polar surface area (TPSA) is 82.4 Å². The Hall–Kier alpha value is -3.09. The molecular formula is C19H23N3O4. The van der Waals surface area contributed by atoms with E-state index in [0.29, 0.717) is 12.4 Å². The van der Waals surface area contributed by atoms with E-state index in [-0.39, 0.29) is 18.8 Å². The molecule has 0 saturated carbocycles. The lowest BCUT2D eigenvalue weighted by atomic mass is 10.2. The fourth-order valence-corrected chi connectivity index (χ4v) is 2.12. The summed E-state index contributed by atoms with van der Waals surface area (Å²) >= 11 is 0. The summed E-state index contributed by atoms with van der Waals surface area (Å²) in [7, 11) is 0. The molecule has 138 valence electrons. The minimum absolute atomic E-state index is 0.173. The highest BCUT2D eigenvalue weighted by atomic mass is 16.7. The molecule has 0 saturated heterocycles. The van der Waals surface area contributed by atoms with Gasteiger partial charge in [-0.2, -0.15) is 5.10 Å². The molecule has 7 nitrogen and oxygen atoms in total. The summed E-state index contributed by atoms with van der Waals surface area (Å²) in [6.07, 6.45) is 1.69. The summed E-state index contributed by atoms with van der Waals surface area (Å²) in [4.78, 5) is 23.0. The number of aryl methyl sites for hydroxylation is 1. The molecule has 0 unspecified atom stereocenters. The Bertz CT molecular complexity index is 761. The van der Waals surface area contributed by atoms with Gasteiger partial charge in [-0.25, -0.2) is 4.68 Å². The van der Waals surface area contributed by atoms with E-state index < -0.39 is 11.9 Å². The van der Waals surface area contributed by atoms with Crippen molar-refractivity contribution in [1.29, 1.82) is 0 Å². The highest BCUT2D eigenvalue weighted by molar-refractivity contribution is 5.72. The first-order chi connectivity index (χ1) is 12.5. The number of benzene rings is 1. The van der Waals surface area contributed by atoms with Crippen molar-refractivity contribution < 1.29 is 19.1 Å². The summed E-state index contributed by atoms with van der Waals surface area (Å²) in [5.74, 6) is -0.482. The molecule has 1 aromatic heterocycles. The number of esters is 2. The minimum atomic E-state index is -0.490. The van der Waals surface area contributed by atoms with Crippen molar-refractivity contribution in [2.24, 2.45) is 0 Å². The van der Waals surface area contributed by atoms with E-state index in [1.54, 1.807) is 18.5 Å². The molecular weight excluding hydrogens is 334 g/mol. The summed E-state index contributed by atoms with van der Waals surface area (Å²) in [6.45, 7) is 5.77. The Kier molecular flexibility index (Phi) is 6.96. The number of aromatic nitrogens is 2. The molecule has 1 aromatic carbocycles. The van der Waals surface area contributed by atoms with Crippen molar-refractivity contribution in [3.8, 4) is 0 Å². The van der Waals surface area contributed by atoms with Gasteiger partial charge in [0.1, 0.15) is 5.82 Å². The first-order valence-corrected chi connectivity index (χ1v) is 8.48. The van der Waals surface area contributed by atoms with Crippen LogP contribution in [0.1, 0.15) is 37.9 Å². The second kappa shape index (κ2) is 9.41. The standard InChI is InChI=1S/C19H23N3O4/c1-4-17(23)25-19(26-18(24)5-2)12-20-16-11-14(3)21-22(16)13-15-9-7-6-8-10-15/h6-12,20H,4-5,13H2,1-3H3. The molecule has 1 heterocycles. The van der Waals surface area contributed by atoms with Crippen LogP contribution in [0.4, 0.5) is 5.82 Å². The number of carbonyl (C=O) groups excluding carboxylic acids is 2. The Morgan fingerprint density at radius 1 is 1.12 bits per heavy atom. The SMILES string of the molecule is CCC(=O)OC(=CNc1cc(C)nn1Cc1ccccc1)OC(=O)CC. The lowest BCUT2D eigenvalue weighted by Crippen LogP contribution is -2.12. The van der Waals surface area contributed by atoms with Gasteiger partial charge in [-0.1, -0.05) is 44.2 Å². The normalized spacial score (nSPS) is 10.1. The van der Waals surface area contributed by atoms with E-state index in [0.717, 1.165) is 11.3 Å². The van der Waals surface area contributed by atoms with Crippen molar-refractivity contribution >= 4 is 17.8 Å². The van der Waals surface area contributed by atoms with E-state index in [1.165, 1.54) is 6.20 Å². The quantitative estimate of drug-likeness (QED) is 0.576. The van der Waals surface area contributed by atoms with E-state index in [1.807, 2.05) is 43.3 Å². The van der Waals surface area contributed by atoms with E-state index in [4.69, 9.17) is 9.47 Å². The smallest absolute Gasteiger partial charge is 0.313 e. The molecule has 26 heavy (non-hydrogen) atoms. The first-order valence-electron chi connectivity index (χ1n) is 8.48. The van der Waals surface area contributed by atoms with E-state index in [9.17, 15) is 9.59 Å². The van der Waals surface area contributed by atoms with Crippen LogP contribution < -0.4 is 5.32 Å². The van der Waals surface area contributed by atoms with Crippen LogP contribution in [0.25, 0.3) is 0 Å². The maximum absolute atomic E-state index is 11.5. The third-order valence-corrected chi connectivity index (χ3v) is 3.42. The van der Waals surface area contributed by atoms with E-state index in [2.05, 4.69) is 10.4 Å². The second-order valence-corrected chi connectivity index (χ2v) is 5.58. The van der Waals surface area contributed by atoms with Gasteiger partial charge in [0.2, 0.25) is 0 Å². The lowest BCUT2D eigenvalue weighted by molar-refractivity contribution is -0.153. The van der Waals surface area contributed by atoms with Crippen LogP contribution in [-0.2, 0) is 25.6 Å². The molecule has 7 heteroatoms. The zero-order chi connectivity index (χ0) is 18.9. The van der Waals surface area contributed by atoms with Crippen LogP contribution in [0.2, 0.25) is 0 Å². The molecule has 1 N–H and O–H groups in total. The van der Waals surface area contributed by atoms with Crippen LogP contribution >= 0.6 is 0 Å². The fraction of sp³-hybridized carbons (Fsp3) is 0.316. The predicted octanol–water partition coefficient (Wildman–Crippen LogP) is 3.36.